The number of esters is 2. The van der Waals surface area contributed by atoms with Crippen molar-refractivity contribution in [3.8, 4) is 0 Å². The van der Waals surface area contributed by atoms with Crippen LogP contribution in [0.25, 0.3) is 0 Å². The molecule has 2 rings (SSSR count). The average Bonchev–Trinajstić information content (AvgIpc) is 2.75. The summed E-state index contributed by atoms with van der Waals surface area (Å²) in [6.45, 7) is 8.51. The molecule has 0 unspecified atom stereocenters. The topological polar surface area (TPSA) is 52.6 Å². The average molecular weight is 407 g/mol. The number of ether oxygens (including phenoxy) is 2. The lowest BCUT2D eigenvalue weighted by molar-refractivity contribution is -0.144. The molecule has 0 spiro atoms. The SMILES string of the molecule is C=CC(=O)OCCC1(CCOC(=O)CC)CCC(C2CCC(CCC)CC2)CC1. The number of hydrogen-bond donors (Lipinski definition) is 0. The third-order valence-electron chi connectivity index (χ3n) is 7.57. The summed E-state index contributed by atoms with van der Waals surface area (Å²) in [6, 6.07) is 0. The first kappa shape index (κ1) is 24.0. The van der Waals surface area contributed by atoms with E-state index < -0.39 is 0 Å². The van der Waals surface area contributed by atoms with Crippen LogP contribution >= 0.6 is 0 Å². The first-order chi connectivity index (χ1) is 14.0. The van der Waals surface area contributed by atoms with E-state index in [1.807, 2.05) is 6.92 Å². The molecule has 4 heteroatoms. The van der Waals surface area contributed by atoms with Crippen LogP contribution in [0, 0.1) is 23.2 Å². The molecule has 0 heterocycles. The van der Waals surface area contributed by atoms with Gasteiger partial charge in [0.05, 0.1) is 13.2 Å². The van der Waals surface area contributed by atoms with E-state index in [9.17, 15) is 9.59 Å². The predicted octanol–water partition coefficient (Wildman–Crippen LogP) is 6.23. The van der Waals surface area contributed by atoms with Crippen molar-refractivity contribution in [3.05, 3.63) is 12.7 Å². The second-order valence-corrected chi connectivity index (χ2v) is 9.35. The van der Waals surface area contributed by atoms with E-state index in [0.717, 1.165) is 43.4 Å². The molecule has 0 saturated heterocycles. The highest BCUT2D eigenvalue weighted by Gasteiger charge is 2.38. The summed E-state index contributed by atoms with van der Waals surface area (Å²) in [6.07, 6.45) is 16.6. The maximum absolute atomic E-state index is 11.5. The van der Waals surface area contributed by atoms with Crippen molar-refractivity contribution in [3.63, 3.8) is 0 Å². The van der Waals surface area contributed by atoms with Gasteiger partial charge in [0.15, 0.2) is 0 Å². The van der Waals surface area contributed by atoms with Crippen LogP contribution in [0.3, 0.4) is 0 Å². The molecule has 4 nitrogen and oxygen atoms in total. The smallest absolute Gasteiger partial charge is 0.330 e. The Balaban J connectivity index is 1.85. The summed E-state index contributed by atoms with van der Waals surface area (Å²) in [5.41, 5.74) is 0.130. The highest BCUT2D eigenvalue weighted by atomic mass is 16.5. The van der Waals surface area contributed by atoms with Crippen molar-refractivity contribution in [2.24, 2.45) is 23.2 Å². The zero-order valence-electron chi connectivity index (χ0n) is 18.8. The van der Waals surface area contributed by atoms with Gasteiger partial charge in [0.25, 0.3) is 0 Å². The molecule has 2 aliphatic carbocycles. The predicted molar refractivity (Wildman–Crippen MR) is 116 cm³/mol. The van der Waals surface area contributed by atoms with Gasteiger partial charge in [-0.3, -0.25) is 4.79 Å². The summed E-state index contributed by atoms with van der Waals surface area (Å²) < 4.78 is 10.7. The Morgan fingerprint density at radius 3 is 2.07 bits per heavy atom. The Morgan fingerprint density at radius 1 is 0.931 bits per heavy atom. The van der Waals surface area contributed by atoms with Crippen molar-refractivity contribution >= 4 is 11.9 Å². The van der Waals surface area contributed by atoms with Crippen LogP contribution in [-0.4, -0.2) is 25.2 Å². The Kier molecular flexibility index (Phi) is 10.2. The second kappa shape index (κ2) is 12.4. The minimum Gasteiger partial charge on any atom is -0.466 e. The standard InChI is InChI=1S/C25H42O4/c1-4-7-20-8-10-21(11-9-20)22-12-14-25(15-13-22,16-18-28-23(26)5-2)17-19-29-24(27)6-3/h5,20-22H,2,4,6-19H2,1,3H3. The monoisotopic (exact) mass is 406 g/mol. The van der Waals surface area contributed by atoms with Crippen LogP contribution in [-0.2, 0) is 19.1 Å². The quantitative estimate of drug-likeness (QED) is 0.301. The van der Waals surface area contributed by atoms with E-state index in [4.69, 9.17) is 9.47 Å². The summed E-state index contributed by atoms with van der Waals surface area (Å²) in [7, 11) is 0. The molecule has 0 atom stereocenters. The van der Waals surface area contributed by atoms with E-state index in [2.05, 4.69) is 13.5 Å². The van der Waals surface area contributed by atoms with Gasteiger partial charge in [0, 0.05) is 12.5 Å². The molecule has 0 bridgehead atoms. The van der Waals surface area contributed by atoms with Gasteiger partial charge in [-0.15, -0.1) is 0 Å². The first-order valence-corrected chi connectivity index (χ1v) is 12.0. The van der Waals surface area contributed by atoms with Gasteiger partial charge >= 0.3 is 11.9 Å². The lowest BCUT2D eigenvalue weighted by Gasteiger charge is -2.44. The van der Waals surface area contributed by atoms with Crippen molar-refractivity contribution in [2.75, 3.05) is 13.2 Å². The normalized spacial score (nSPS) is 29.8. The number of rotatable bonds is 11. The molecule has 166 valence electrons. The highest BCUT2D eigenvalue weighted by molar-refractivity contribution is 5.81. The zero-order chi connectivity index (χ0) is 21.1. The fraction of sp³-hybridized carbons (Fsp3) is 0.840. The number of carbonyl (C=O) groups is 2. The van der Waals surface area contributed by atoms with Crippen LogP contribution in [0.5, 0.6) is 0 Å². The lowest BCUT2D eigenvalue weighted by Crippen LogP contribution is -2.34. The van der Waals surface area contributed by atoms with Gasteiger partial charge in [-0.2, -0.15) is 0 Å². The molecule has 2 saturated carbocycles. The fourth-order valence-corrected chi connectivity index (χ4v) is 5.62. The summed E-state index contributed by atoms with van der Waals surface area (Å²) >= 11 is 0. The summed E-state index contributed by atoms with van der Waals surface area (Å²) in [5.74, 6) is 2.23. The fourth-order valence-electron chi connectivity index (χ4n) is 5.62. The molecular formula is C25H42O4. The van der Waals surface area contributed by atoms with Crippen molar-refractivity contribution in [1.82, 2.24) is 0 Å². The van der Waals surface area contributed by atoms with Crippen LogP contribution in [0.1, 0.15) is 97.3 Å². The molecule has 2 fully saturated rings. The van der Waals surface area contributed by atoms with Crippen molar-refractivity contribution in [2.45, 2.75) is 97.3 Å². The van der Waals surface area contributed by atoms with Gasteiger partial charge in [-0.05, 0) is 74.5 Å². The Bertz CT molecular complexity index is 511. The van der Waals surface area contributed by atoms with Gasteiger partial charge in [0.1, 0.15) is 0 Å². The van der Waals surface area contributed by atoms with Crippen molar-refractivity contribution in [1.29, 1.82) is 0 Å². The first-order valence-electron chi connectivity index (χ1n) is 12.0. The van der Waals surface area contributed by atoms with Gasteiger partial charge in [-0.25, -0.2) is 4.79 Å². The van der Waals surface area contributed by atoms with Crippen LogP contribution in [0.4, 0.5) is 0 Å². The maximum atomic E-state index is 11.5. The summed E-state index contributed by atoms with van der Waals surface area (Å²) in [5, 5.41) is 0. The van der Waals surface area contributed by atoms with Gasteiger partial charge in [-0.1, -0.05) is 46.1 Å². The van der Waals surface area contributed by atoms with E-state index in [1.165, 1.54) is 57.4 Å². The lowest BCUT2D eigenvalue weighted by atomic mass is 9.62. The Hall–Kier alpha value is -1.32. The van der Waals surface area contributed by atoms with E-state index >= 15 is 0 Å². The third kappa shape index (κ3) is 7.79. The molecule has 0 amide bonds. The molecule has 0 aromatic heterocycles. The minimum atomic E-state index is -0.352. The maximum Gasteiger partial charge on any atom is 0.330 e. The second-order valence-electron chi connectivity index (χ2n) is 9.35. The molecule has 0 aliphatic heterocycles. The molecule has 0 aromatic rings. The van der Waals surface area contributed by atoms with E-state index in [0.29, 0.717) is 19.6 Å². The molecular weight excluding hydrogens is 364 g/mol. The van der Waals surface area contributed by atoms with E-state index in [-0.39, 0.29) is 17.4 Å². The Morgan fingerprint density at radius 2 is 1.52 bits per heavy atom. The number of carbonyl (C=O) groups excluding carboxylic acids is 2. The zero-order valence-corrected chi connectivity index (χ0v) is 18.8. The minimum absolute atomic E-state index is 0.129. The molecule has 2 aliphatic rings. The van der Waals surface area contributed by atoms with Crippen molar-refractivity contribution < 1.29 is 19.1 Å². The molecule has 0 N–H and O–H groups in total. The third-order valence-corrected chi connectivity index (χ3v) is 7.57. The van der Waals surface area contributed by atoms with Gasteiger partial charge in [0.2, 0.25) is 0 Å². The van der Waals surface area contributed by atoms with Gasteiger partial charge < -0.3 is 9.47 Å². The number of hydrogen-bond acceptors (Lipinski definition) is 4. The van der Waals surface area contributed by atoms with Crippen LogP contribution in [0.15, 0.2) is 12.7 Å². The van der Waals surface area contributed by atoms with Crippen LogP contribution < -0.4 is 0 Å². The Labute approximate surface area is 177 Å². The van der Waals surface area contributed by atoms with Crippen LogP contribution in [0.2, 0.25) is 0 Å². The summed E-state index contributed by atoms with van der Waals surface area (Å²) in [4.78, 5) is 23.0. The highest BCUT2D eigenvalue weighted by Crippen LogP contribution is 2.49. The molecule has 29 heavy (non-hydrogen) atoms. The molecule has 0 radical (unpaired) electrons. The molecule has 0 aromatic carbocycles. The largest absolute Gasteiger partial charge is 0.466 e. The van der Waals surface area contributed by atoms with E-state index in [1.54, 1.807) is 0 Å².